The SMILES string of the molecule is CC1(C)CCC2(CCC(CN)O2)CC1. The van der Waals surface area contributed by atoms with E-state index in [9.17, 15) is 0 Å². The molecule has 2 rings (SSSR count). The molecule has 1 aliphatic heterocycles. The molecule has 1 saturated carbocycles. The predicted octanol–water partition coefficient (Wildman–Crippen LogP) is 2.46. The molecule has 14 heavy (non-hydrogen) atoms. The molecule has 2 N–H and O–H groups in total. The second-order valence-electron chi connectivity index (χ2n) is 5.86. The van der Waals surface area contributed by atoms with Crippen molar-refractivity contribution in [2.45, 2.75) is 64.1 Å². The first-order valence-electron chi connectivity index (χ1n) is 5.93. The Kier molecular flexibility index (Phi) is 2.61. The van der Waals surface area contributed by atoms with E-state index in [0.29, 0.717) is 18.1 Å². The summed E-state index contributed by atoms with van der Waals surface area (Å²) in [7, 11) is 0. The van der Waals surface area contributed by atoms with Gasteiger partial charge in [-0.3, -0.25) is 0 Å². The highest BCUT2D eigenvalue weighted by atomic mass is 16.5. The molecule has 0 aromatic heterocycles. The molecule has 0 amide bonds. The van der Waals surface area contributed by atoms with Gasteiger partial charge in [0, 0.05) is 6.54 Å². The summed E-state index contributed by atoms with van der Waals surface area (Å²) in [5.41, 5.74) is 6.41. The fourth-order valence-corrected chi connectivity index (χ4v) is 2.81. The molecule has 1 spiro atoms. The van der Waals surface area contributed by atoms with Gasteiger partial charge in [0.25, 0.3) is 0 Å². The highest BCUT2D eigenvalue weighted by molar-refractivity contribution is 4.95. The number of nitrogens with two attached hydrogens (primary N) is 1. The molecule has 1 aliphatic carbocycles. The molecule has 1 saturated heterocycles. The van der Waals surface area contributed by atoms with Crippen molar-refractivity contribution in [1.29, 1.82) is 0 Å². The minimum Gasteiger partial charge on any atom is -0.370 e. The Balaban J connectivity index is 1.94. The van der Waals surface area contributed by atoms with E-state index in [1.54, 1.807) is 0 Å². The zero-order chi connectivity index (χ0) is 10.2. The fourth-order valence-electron chi connectivity index (χ4n) is 2.81. The third-order valence-corrected chi connectivity index (χ3v) is 4.12. The average Bonchev–Trinajstić information content (AvgIpc) is 2.56. The third kappa shape index (κ3) is 1.96. The molecule has 2 heteroatoms. The third-order valence-electron chi connectivity index (χ3n) is 4.12. The maximum Gasteiger partial charge on any atom is 0.0705 e. The largest absolute Gasteiger partial charge is 0.370 e. The number of hydrogen-bond acceptors (Lipinski definition) is 2. The lowest BCUT2D eigenvalue weighted by molar-refractivity contribution is -0.0775. The first-order chi connectivity index (χ1) is 6.55. The van der Waals surface area contributed by atoms with Crippen LogP contribution in [0.5, 0.6) is 0 Å². The van der Waals surface area contributed by atoms with Crippen LogP contribution in [0.1, 0.15) is 52.4 Å². The highest BCUT2D eigenvalue weighted by Crippen LogP contribution is 2.47. The van der Waals surface area contributed by atoms with E-state index in [4.69, 9.17) is 10.5 Å². The van der Waals surface area contributed by atoms with Crippen molar-refractivity contribution >= 4 is 0 Å². The van der Waals surface area contributed by atoms with Gasteiger partial charge in [-0.15, -0.1) is 0 Å². The minimum atomic E-state index is 0.222. The molecule has 2 aliphatic rings. The van der Waals surface area contributed by atoms with Gasteiger partial charge in [0.2, 0.25) is 0 Å². The van der Waals surface area contributed by atoms with Gasteiger partial charge >= 0.3 is 0 Å². The van der Waals surface area contributed by atoms with Crippen molar-refractivity contribution in [3.8, 4) is 0 Å². The van der Waals surface area contributed by atoms with Crippen molar-refractivity contribution in [3.05, 3.63) is 0 Å². The van der Waals surface area contributed by atoms with Crippen LogP contribution in [0.4, 0.5) is 0 Å². The van der Waals surface area contributed by atoms with Crippen LogP contribution in [-0.2, 0) is 4.74 Å². The highest BCUT2D eigenvalue weighted by Gasteiger charge is 2.43. The molecule has 1 heterocycles. The molecular weight excluding hydrogens is 174 g/mol. The van der Waals surface area contributed by atoms with Crippen molar-refractivity contribution < 1.29 is 4.74 Å². The van der Waals surface area contributed by atoms with E-state index in [1.165, 1.54) is 38.5 Å². The zero-order valence-electron chi connectivity index (χ0n) is 9.51. The first kappa shape index (κ1) is 10.4. The summed E-state index contributed by atoms with van der Waals surface area (Å²) in [6.07, 6.45) is 7.87. The van der Waals surface area contributed by atoms with E-state index < -0.39 is 0 Å². The Labute approximate surface area is 87.2 Å². The smallest absolute Gasteiger partial charge is 0.0705 e. The molecule has 0 aromatic rings. The second-order valence-corrected chi connectivity index (χ2v) is 5.86. The summed E-state index contributed by atoms with van der Waals surface area (Å²) in [6.45, 7) is 5.44. The summed E-state index contributed by atoms with van der Waals surface area (Å²) in [4.78, 5) is 0. The molecule has 2 fully saturated rings. The fraction of sp³-hybridized carbons (Fsp3) is 1.00. The van der Waals surface area contributed by atoms with Crippen molar-refractivity contribution in [3.63, 3.8) is 0 Å². The Morgan fingerprint density at radius 3 is 2.29 bits per heavy atom. The van der Waals surface area contributed by atoms with Crippen molar-refractivity contribution in [2.24, 2.45) is 11.1 Å². The number of hydrogen-bond donors (Lipinski definition) is 1. The second kappa shape index (κ2) is 3.49. The van der Waals surface area contributed by atoms with Crippen LogP contribution in [0.2, 0.25) is 0 Å². The van der Waals surface area contributed by atoms with Gasteiger partial charge in [0.15, 0.2) is 0 Å². The van der Waals surface area contributed by atoms with Crippen LogP contribution in [0.25, 0.3) is 0 Å². The molecule has 1 atom stereocenters. The van der Waals surface area contributed by atoms with Gasteiger partial charge in [-0.05, 0) is 43.9 Å². The van der Waals surface area contributed by atoms with Crippen LogP contribution in [0, 0.1) is 5.41 Å². The van der Waals surface area contributed by atoms with Crippen molar-refractivity contribution in [2.75, 3.05) is 6.54 Å². The van der Waals surface area contributed by atoms with E-state index in [-0.39, 0.29) is 5.60 Å². The molecule has 0 radical (unpaired) electrons. The first-order valence-corrected chi connectivity index (χ1v) is 5.93. The lowest BCUT2D eigenvalue weighted by Gasteiger charge is -2.41. The normalized spacial score (nSPS) is 34.9. The average molecular weight is 197 g/mol. The summed E-state index contributed by atoms with van der Waals surface area (Å²) >= 11 is 0. The van der Waals surface area contributed by atoms with E-state index in [1.807, 2.05) is 0 Å². The van der Waals surface area contributed by atoms with Gasteiger partial charge in [-0.1, -0.05) is 13.8 Å². The maximum atomic E-state index is 6.11. The van der Waals surface area contributed by atoms with E-state index in [0.717, 1.165) is 0 Å². The number of rotatable bonds is 1. The van der Waals surface area contributed by atoms with Gasteiger partial charge in [-0.2, -0.15) is 0 Å². The summed E-state index contributed by atoms with van der Waals surface area (Å²) in [6, 6.07) is 0. The topological polar surface area (TPSA) is 35.2 Å². The molecular formula is C12H23NO. The van der Waals surface area contributed by atoms with E-state index >= 15 is 0 Å². The molecule has 82 valence electrons. The van der Waals surface area contributed by atoms with Gasteiger partial charge in [0.05, 0.1) is 11.7 Å². The van der Waals surface area contributed by atoms with Crippen LogP contribution in [0.15, 0.2) is 0 Å². The summed E-state index contributed by atoms with van der Waals surface area (Å²) in [5.74, 6) is 0. The molecule has 0 bridgehead atoms. The Morgan fingerprint density at radius 1 is 1.14 bits per heavy atom. The van der Waals surface area contributed by atoms with Crippen LogP contribution >= 0.6 is 0 Å². The van der Waals surface area contributed by atoms with Crippen LogP contribution in [0.3, 0.4) is 0 Å². The molecule has 1 unspecified atom stereocenters. The molecule has 0 aromatic carbocycles. The van der Waals surface area contributed by atoms with Gasteiger partial charge < -0.3 is 10.5 Å². The molecule has 2 nitrogen and oxygen atoms in total. The minimum absolute atomic E-state index is 0.222. The standard InChI is InChI=1S/C12H23NO/c1-11(2)5-7-12(8-6-11)4-3-10(9-13)14-12/h10H,3-9,13H2,1-2H3. The zero-order valence-corrected chi connectivity index (χ0v) is 9.51. The van der Waals surface area contributed by atoms with Crippen LogP contribution < -0.4 is 5.73 Å². The van der Waals surface area contributed by atoms with Gasteiger partial charge in [-0.25, -0.2) is 0 Å². The summed E-state index contributed by atoms with van der Waals surface area (Å²) in [5, 5.41) is 0. The Morgan fingerprint density at radius 2 is 1.79 bits per heavy atom. The number of ether oxygens (including phenoxy) is 1. The van der Waals surface area contributed by atoms with Crippen LogP contribution in [-0.4, -0.2) is 18.2 Å². The quantitative estimate of drug-likeness (QED) is 0.701. The predicted molar refractivity (Wildman–Crippen MR) is 58.1 cm³/mol. The van der Waals surface area contributed by atoms with Crippen molar-refractivity contribution in [1.82, 2.24) is 0 Å². The van der Waals surface area contributed by atoms with Gasteiger partial charge in [0.1, 0.15) is 0 Å². The Hall–Kier alpha value is -0.0800. The maximum absolute atomic E-state index is 6.11. The lowest BCUT2D eigenvalue weighted by Crippen LogP contribution is -2.37. The summed E-state index contributed by atoms with van der Waals surface area (Å²) < 4.78 is 6.11. The monoisotopic (exact) mass is 197 g/mol. The Bertz CT molecular complexity index is 202. The lowest BCUT2D eigenvalue weighted by atomic mass is 9.70. The van der Waals surface area contributed by atoms with E-state index in [2.05, 4.69) is 13.8 Å².